The van der Waals surface area contributed by atoms with Crippen molar-refractivity contribution in [3.05, 3.63) is 65.7 Å². The predicted molar refractivity (Wildman–Crippen MR) is 91.8 cm³/mol. The molecule has 0 saturated carbocycles. The van der Waals surface area contributed by atoms with Gasteiger partial charge in [-0.05, 0) is 24.6 Å². The molecule has 0 spiro atoms. The van der Waals surface area contributed by atoms with Crippen LogP contribution < -0.4 is 5.32 Å². The number of anilines is 1. The minimum atomic E-state index is -1.03. The van der Waals surface area contributed by atoms with E-state index >= 15 is 0 Å². The highest BCUT2D eigenvalue weighted by Gasteiger charge is 2.19. The summed E-state index contributed by atoms with van der Waals surface area (Å²) in [5, 5.41) is 2.50. The first-order valence-corrected chi connectivity index (χ1v) is 7.95. The molecule has 0 saturated heterocycles. The van der Waals surface area contributed by atoms with E-state index in [2.05, 4.69) is 5.32 Å². The maximum Gasteiger partial charge on any atom is 0.226 e. The largest absolute Gasteiger partial charge is 0.336 e. The minimum absolute atomic E-state index is 0.0513. The lowest BCUT2D eigenvalue weighted by Crippen LogP contribution is -2.34. The Morgan fingerprint density at radius 2 is 1.76 bits per heavy atom. The molecule has 1 unspecified atom stereocenters. The van der Waals surface area contributed by atoms with Gasteiger partial charge in [0.1, 0.15) is 0 Å². The molecule has 0 heterocycles. The SMILES string of the molecule is CC(=O)N(CCC(=O)Nc1ccc(F)c(F)c1)C(C)c1ccccc1. The van der Waals surface area contributed by atoms with Crippen LogP contribution in [0.3, 0.4) is 0 Å². The first kappa shape index (κ1) is 18.6. The van der Waals surface area contributed by atoms with Crippen LogP contribution in [0.2, 0.25) is 0 Å². The van der Waals surface area contributed by atoms with Crippen LogP contribution in [0.4, 0.5) is 14.5 Å². The van der Waals surface area contributed by atoms with Gasteiger partial charge in [-0.15, -0.1) is 0 Å². The molecule has 2 aromatic rings. The molecule has 0 aromatic heterocycles. The summed E-state index contributed by atoms with van der Waals surface area (Å²) in [6, 6.07) is 12.5. The Labute approximate surface area is 145 Å². The number of hydrogen-bond donors (Lipinski definition) is 1. The molecule has 25 heavy (non-hydrogen) atoms. The minimum Gasteiger partial charge on any atom is -0.336 e. The summed E-state index contributed by atoms with van der Waals surface area (Å²) in [7, 11) is 0. The molecule has 1 atom stereocenters. The third-order valence-corrected chi connectivity index (χ3v) is 3.94. The normalized spacial score (nSPS) is 11.7. The third-order valence-electron chi connectivity index (χ3n) is 3.94. The van der Waals surface area contributed by atoms with Gasteiger partial charge in [-0.25, -0.2) is 8.78 Å². The average Bonchev–Trinajstić information content (AvgIpc) is 2.58. The van der Waals surface area contributed by atoms with Gasteiger partial charge in [-0.1, -0.05) is 30.3 Å². The number of amides is 2. The fraction of sp³-hybridized carbons (Fsp3) is 0.263. The van der Waals surface area contributed by atoms with Crippen molar-refractivity contribution in [3.63, 3.8) is 0 Å². The average molecular weight is 346 g/mol. The summed E-state index contributed by atoms with van der Waals surface area (Å²) in [6.45, 7) is 3.57. The predicted octanol–water partition coefficient (Wildman–Crippen LogP) is 3.90. The van der Waals surface area contributed by atoms with Gasteiger partial charge in [0.25, 0.3) is 0 Å². The first-order chi connectivity index (χ1) is 11.9. The van der Waals surface area contributed by atoms with Crippen molar-refractivity contribution in [2.75, 3.05) is 11.9 Å². The maximum atomic E-state index is 13.2. The van der Waals surface area contributed by atoms with Crippen molar-refractivity contribution in [1.82, 2.24) is 4.90 Å². The Morgan fingerprint density at radius 1 is 1.08 bits per heavy atom. The molecule has 0 aliphatic rings. The second-order valence-corrected chi connectivity index (χ2v) is 5.73. The Hall–Kier alpha value is -2.76. The highest BCUT2D eigenvalue weighted by Crippen LogP contribution is 2.20. The topological polar surface area (TPSA) is 49.4 Å². The molecule has 0 radical (unpaired) electrons. The van der Waals surface area contributed by atoms with Crippen molar-refractivity contribution in [2.24, 2.45) is 0 Å². The van der Waals surface area contributed by atoms with E-state index in [4.69, 9.17) is 0 Å². The quantitative estimate of drug-likeness (QED) is 0.862. The van der Waals surface area contributed by atoms with Crippen LogP contribution in [0.25, 0.3) is 0 Å². The zero-order chi connectivity index (χ0) is 18.4. The molecular weight excluding hydrogens is 326 g/mol. The number of carbonyl (C=O) groups excluding carboxylic acids is 2. The van der Waals surface area contributed by atoms with Crippen molar-refractivity contribution >= 4 is 17.5 Å². The van der Waals surface area contributed by atoms with E-state index in [0.29, 0.717) is 0 Å². The number of benzene rings is 2. The van der Waals surface area contributed by atoms with Gasteiger partial charge in [0, 0.05) is 31.6 Å². The van der Waals surface area contributed by atoms with Crippen LogP contribution in [0, 0.1) is 11.6 Å². The molecule has 6 heteroatoms. The van der Waals surface area contributed by atoms with E-state index in [1.165, 1.54) is 13.0 Å². The van der Waals surface area contributed by atoms with Gasteiger partial charge in [-0.2, -0.15) is 0 Å². The summed E-state index contributed by atoms with van der Waals surface area (Å²) >= 11 is 0. The number of hydrogen-bond acceptors (Lipinski definition) is 2. The summed E-state index contributed by atoms with van der Waals surface area (Å²) in [6.07, 6.45) is 0.0513. The van der Waals surface area contributed by atoms with Crippen LogP contribution in [0.5, 0.6) is 0 Å². The number of carbonyl (C=O) groups is 2. The summed E-state index contributed by atoms with van der Waals surface area (Å²) < 4.78 is 26.1. The van der Waals surface area contributed by atoms with Gasteiger partial charge >= 0.3 is 0 Å². The first-order valence-electron chi connectivity index (χ1n) is 7.95. The van der Waals surface area contributed by atoms with Gasteiger partial charge in [-0.3, -0.25) is 9.59 Å². The maximum absolute atomic E-state index is 13.2. The Balaban J connectivity index is 1.97. The van der Waals surface area contributed by atoms with E-state index in [1.54, 1.807) is 4.90 Å². The van der Waals surface area contributed by atoms with Crippen molar-refractivity contribution in [1.29, 1.82) is 0 Å². The van der Waals surface area contributed by atoms with E-state index in [-0.39, 0.29) is 36.5 Å². The molecule has 0 fully saturated rings. The van der Waals surface area contributed by atoms with E-state index < -0.39 is 11.6 Å². The fourth-order valence-corrected chi connectivity index (χ4v) is 2.55. The Kier molecular flexibility index (Phi) is 6.22. The van der Waals surface area contributed by atoms with Crippen LogP contribution >= 0.6 is 0 Å². The summed E-state index contributed by atoms with van der Waals surface area (Å²) in [5.74, 6) is -2.52. The molecule has 0 bridgehead atoms. The number of nitrogens with one attached hydrogen (secondary N) is 1. The standard InChI is InChI=1S/C19H20F2N2O2/c1-13(15-6-4-3-5-7-15)23(14(2)24)11-10-19(25)22-16-8-9-17(20)18(21)12-16/h3-9,12-13H,10-11H2,1-2H3,(H,22,25). The van der Waals surface area contributed by atoms with Crippen LogP contribution in [0.15, 0.2) is 48.5 Å². The second kappa shape index (κ2) is 8.37. The summed E-state index contributed by atoms with van der Waals surface area (Å²) in [5.41, 5.74) is 1.15. The van der Waals surface area contributed by atoms with Crippen LogP contribution in [0.1, 0.15) is 31.9 Å². The number of rotatable bonds is 6. The molecule has 2 rings (SSSR count). The molecule has 0 aliphatic heterocycles. The second-order valence-electron chi connectivity index (χ2n) is 5.73. The van der Waals surface area contributed by atoms with Gasteiger partial charge in [0.2, 0.25) is 11.8 Å². The smallest absolute Gasteiger partial charge is 0.226 e. The van der Waals surface area contributed by atoms with Crippen molar-refractivity contribution in [2.45, 2.75) is 26.3 Å². The van der Waals surface area contributed by atoms with Crippen molar-refractivity contribution in [3.8, 4) is 0 Å². The monoisotopic (exact) mass is 346 g/mol. The Bertz CT molecular complexity index is 750. The molecule has 132 valence electrons. The number of nitrogens with zero attached hydrogens (tertiary/aromatic N) is 1. The Morgan fingerprint density at radius 3 is 2.36 bits per heavy atom. The lowest BCUT2D eigenvalue weighted by Gasteiger charge is -2.28. The molecule has 0 aliphatic carbocycles. The lowest BCUT2D eigenvalue weighted by atomic mass is 10.1. The van der Waals surface area contributed by atoms with Crippen molar-refractivity contribution < 1.29 is 18.4 Å². The van der Waals surface area contributed by atoms with Crippen LogP contribution in [-0.2, 0) is 9.59 Å². The van der Waals surface area contributed by atoms with Gasteiger partial charge in [0.15, 0.2) is 11.6 Å². The van der Waals surface area contributed by atoms with E-state index in [9.17, 15) is 18.4 Å². The zero-order valence-corrected chi connectivity index (χ0v) is 14.1. The molecule has 2 amide bonds. The summed E-state index contributed by atoms with van der Waals surface area (Å²) in [4.78, 5) is 25.5. The highest BCUT2D eigenvalue weighted by molar-refractivity contribution is 5.91. The molecule has 4 nitrogen and oxygen atoms in total. The fourth-order valence-electron chi connectivity index (χ4n) is 2.55. The molecular formula is C19H20F2N2O2. The highest BCUT2D eigenvalue weighted by atomic mass is 19.2. The van der Waals surface area contributed by atoms with E-state index in [0.717, 1.165) is 17.7 Å². The van der Waals surface area contributed by atoms with E-state index in [1.807, 2.05) is 37.3 Å². The van der Waals surface area contributed by atoms with Crippen LogP contribution in [-0.4, -0.2) is 23.3 Å². The zero-order valence-electron chi connectivity index (χ0n) is 14.1. The van der Waals surface area contributed by atoms with Gasteiger partial charge < -0.3 is 10.2 Å². The number of halogens is 2. The lowest BCUT2D eigenvalue weighted by molar-refractivity contribution is -0.131. The molecule has 2 aromatic carbocycles. The molecule has 1 N–H and O–H groups in total. The van der Waals surface area contributed by atoms with Gasteiger partial charge in [0.05, 0.1) is 6.04 Å². The third kappa shape index (κ3) is 5.11.